The van der Waals surface area contributed by atoms with Gasteiger partial charge in [0, 0.05) is 6.04 Å². The Labute approximate surface area is 87.5 Å². The average Bonchev–Trinajstić information content (AvgIpc) is 2.18. The Kier molecular flexibility index (Phi) is 4.15. The van der Waals surface area contributed by atoms with Gasteiger partial charge in [-0.1, -0.05) is 25.1 Å². The van der Waals surface area contributed by atoms with Gasteiger partial charge in [-0.05, 0) is 50.4 Å². The summed E-state index contributed by atoms with van der Waals surface area (Å²) >= 11 is 0. The molecule has 0 radical (unpaired) electrons. The fraction of sp³-hybridized carbons (Fsp3) is 0.538. The van der Waals surface area contributed by atoms with Gasteiger partial charge in [0.15, 0.2) is 0 Å². The molecular weight excluding hydrogens is 170 g/mol. The van der Waals surface area contributed by atoms with Crippen LogP contribution in [0.25, 0.3) is 0 Å². The van der Waals surface area contributed by atoms with E-state index in [2.05, 4.69) is 51.2 Å². The first-order valence-corrected chi connectivity index (χ1v) is 5.45. The van der Waals surface area contributed by atoms with Gasteiger partial charge < -0.3 is 5.32 Å². The summed E-state index contributed by atoms with van der Waals surface area (Å²) in [5, 5.41) is 3.50. The van der Waals surface area contributed by atoms with Gasteiger partial charge in [0.25, 0.3) is 0 Å². The van der Waals surface area contributed by atoms with Crippen LogP contribution in [0.2, 0.25) is 0 Å². The minimum atomic E-state index is 0.467. The van der Waals surface area contributed by atoms with Crippen LogP contribution >= 0.6 is 0 Å². The summed E-state index contributed by atoms with van der Waals surface area (Å²) in [4.78, 5) is 0. The third-order valence-corrected chi connectivity index (χ3v) is 2.73. The highest BCUT2D eigenvalue weighted by atomic mass is 14.9. The van der Waals surface area contributed by atoms with Gasteiger partial charge >= 0.3 is 0 Å². The van der Waals surface area contributed by atoms with Gasteiger partial charge in [-0.15, -0.1) is 0 Å². The fourth-order valence-corrected chi connectivity index (χ4v) is 1.51. The van der Waals surface area contributed by atoms with E-state index in [0.717, 1.165) is 6.54 Å². The monoisotopic (exact) mass is 191 g/mol. The summed E-state index contributed by atoms with van der Waals surface area (Å²) in [7, 11) is 0. The number of rotatable bonds is 4. The summed E-state index contributed by atoms with van der Waals surface area (Å²) in [5.74, 6) is 0. The van der Waals surface area contributed by atoms with Crippen LogP contribution in [0.4, 0.5) is 0 Å². The van der Waals surface area contributed by atoms with E-state index in [1.807, 2.05) is 0 Å². The molecule has 14 heavy (non-hydrogen) atoms. The molecule has 0 amide bonds. The average molecular weight is 191 g/mol. The van der Waals surface area contributed by atoms with E-state index in [1.54, 1.807) is 0 Å². The third kappa shape index (κ3) is 2.85. The predicted molar refractivity (Wildman–Crippen MR) is 62.6 cm³/mol. The Morgan fingerprint density at radius 2 is 1.93 bits per heavy atom. The zero-order valence-electron chi connectivity index (χ0n) is 9.72. The molecule has 0 aliphatic heterocycles. The standard InChI is InChI=1S/C13H21N/c1-5-8-14-12(4)13-7-6-10(2)11(3)9-13/h6-7,9,12,14H,5,8H2,1-4H3. The Hall–Kier alpha value is -0.820. The minimum absolute atomic E-state index is 0.467. The molecule has 0 bridgehead atoms. The molecule has 0 saturated carbocycles. The molecule has 1 rings (SSSR count). The lowest BCUT2D eigenvalue weighted by Gasteiger charge is -2.14. The van der Waals surface area contributed by atoms with Crippen molar-refractivity contribution >= 4 is 0 Å². The van der Waals surface area contributed by atoms with Crippen LogP contribution in [0, 0.1) is 13.8 Å². The Balaban J connectivity index is 2.70. The molecule has 0 spiro atoms. The maximum absolute atomic E-state index is 3.50. The molecule has 0 saturated heterocycles. The molecule has 0 aliphatic carbocycles. The fourth-order valence-electron chi connectivity index (χ4n) is 1.51. The summed E-state index contributed by atoms with van der Waals surface area (Å²) in [6, 6.07) is 7.17. The number of aryl methyl sites for hydroxylation is 2. The molecule has 1 atom stereocenters. The second-order valence-electron chi connectivity index (χ2n) is 4.02. The molecule has 1 nitrogen and oxygen atoms in total. The lowest BCUT2D eigenvalue weighted by molar-refractivity contribution is 0.570. The summed E-state index contributed by atoms with van der Waals surface area (Å²) in [6.07, 6.45) is 1.19. The number of hydrogen-bond donors (Lipinski definition) is 1. The summed E-state index contributed by atoms with van der Waals surface area (Å²) in [6.45, 7) is 9.84. The topological polar surface area (TPSA) is 12.0 Å². The van der Waals surface area contributed by atoms with E-state index < -0.39 is 0 Å². The van der Waals surface area contributed by atoms with Crippen LogP contribution in [0.15, 0.2) is 18.2 Å². The van der Waals surface area contributed by atoms with Crippen LogP contribution in [0.3, 0.4) is 0 Å². The predicted octanol–water partition coefficient (Wildman–Crippen LogP) is 3.36. The first-order valence-electron chi connectivity index (χ1n) is 5.45. The quantitative estimate of drug-likeness (QED) is 0.769. The van der Waals surface area contributed by atoms with Crippen LogP contribution in [-0.2, 0) is 0 Å². The zero-order chi connectivity index (χ0) is 10.6. The van der Waals surface area contributed by atoms with Crippen LogP contribution in [0.5, 0.6) is 0 Å². The Morgan fingerprint density at radius 1 is 1.21 bits per heavy atom. The normalized spacial score (nSPS) is 12.9. The van der Waals surface area contributed by atoms with E-state index in [-0.39, 0.29) is 0 Å². The molecular formula is C13H21N. The van der Waals surface area contributed by atoms with Gasteiger partial charge in [-0.25, -0.2) is 0 Å². The van der Waals surface area contributed by atoms with E-state index in [1.165, 1.54) is 23.1 Å². The smallest absolute Gasteiger partial charge is 0.0291 e. The van der Waals surface area contributed by atoms with Crippen molar-refractivity contribution in [3.8, 4) is 0 Å². The van der Waals surface area contributed by atoms with Crippen LogP contribution in [-0.4, -0.2) is 6.54 Å². The van der Waals surface area contributed by atoms with Crippen molar-refractivity contribution in [2.75, 3.05) is 6.54 Å². The molecule has 0 aromatic heterocycles. The van der Waals surface area contributed by atoms with Gasteiger partial charge in [-0.3, -0.25) is 0 Å². The van der Waals surface area contributed by atoms with Gasteiger partial charge in [-0.2, -0.15) is 0 Å². The number of hydrogen-bond acceptors (Lipinski definition) is 1. The highest BCUT2D eigenvalue weighted by Gasteiger charge is 2.04. The summed E-state index contributed by atoms with van der Waals surface area (Å²) in [5.41, 5.74) is 4.14. The van der Waals surface area contributed by atoms with Crippen molar-refractivity contribution in [3.05, 3.63) is 34.9 Å². The van der Waals surface area contributed by atoms with Crippen molar-refractivity contribution in [2.24, 2.45) is 0 Å². The van der Waals surface area contributed by atoms with E-state index in [9.17, 15) is 0 Å². The van der Waals surface area contributed by atoms with Crippen molar-refractivity contribution in [1.29, 1.82) is 0 Å². The maximum Gasteiger partial charge on any atom is 0.0291 e. The number of benzene rings is 1. The molecule has 1 heteroatoms. The second kappa shape index (κ2) is 5.16. The van der Waals surface area contributed by atoms with Gasteiger partial charge in [0.1, 0.15) is 0 Å². The van der Waals surface area contributed by atoms with Crippen LogP contribution < -0.4 is 5.32 Å². The van der Waals surface area contributed by atoms with E-state index in [0.29, 0.717) is 6.04 Å². The minimum Gasteiger partial charge on any atom is -0.310 e. The molecule has 0 aliphatic rings. The van der Waals surface area contributed by atoms with Crippen molar-refractivity contribution in [3.63, 3.8) is 0 Å². The summed E-state index contributed by atoms with van der Waals surface area (Å²) < 4.78 is 0. The maximum atomic E-state index is 3.50. The first kappa shape index (κ1) is 11.3. The molecule has 1 unspecified atom stereocenters. The second-order valence-corrected chi connectivity index (χ2v) is 4.02. The lowest BCUT2D eigenvalue weighted by Crippen LogP contribution is -2.19. The van der Waals surface area contributed by atoms with Crippen molar-refractivity contribution in [2.45, 2.75) is 40.2 Å². The van der Waals surface area contributed by atoms with Crippen molar-refractivity contribution < 1.29 is 0 Å². The SMILES string of the molecule is CCCNC(C)c1ccc(C)c(C)c1. The molecule has 1 aromatic rings. The third-order valence-electron chi connectivity index (χ3n) is 2.73. The Bertz CT molecular complexity index is 291. The Morgan fingerprint density at radius 3 is 2.50 bits per heavy atom. The van der Waals surface area contributed by atoms with Crippen LogP contribution in [0.1, 0.15) is 43.0 Å². The largest absolute Gasteiger partial charge is 0.310 e. The van der Waals surface area contributed by atoms with E-state index >= 15 is 0 Å². The zero-order valence-corrected chi connectivity index (χ0v) is 9.72. The lowest BCUT2D eigenvalue weighted by atomic mass is 10.0. The first-order chi connectivity index (χ1) is 6.65. The van der Waals surface area contributed by atoms with E-state index in [4.69, 9.17) is 0 Å². The highest BCUT2D eigenvalue weighted by molar-refractivity contribution is 5.31. The molecule has 1 aromatic carbocycles. The molecule has 78 valence electrons. The van der Waals surface area contributed by atoms with Gasteiger partial charge in [0.05, 0.1) is 0 Å². The molecule has 0 heterocycles. The highest BCUT2D eigenvalue weighted by Crippen LogP contribution is 2.16. The number of nitrogens with one attached hydrogen (secondary N) is 1. The van der Waals surface area contributed by atoms with Gasteiger partial charge in [0.2, 0.25) is 0 Å². The molecule has 1 N–H and O–H groups in total. The molecule has 0 fully saturated rings. The van der Waals surface area contributed by atoms with Crippen molar-refractivity contribution in [1.82, 2.24) is 5.32 Å².